The van der Waals surface area contributed by atoms with Crippen molar-refractivity contribution in [2.45, 2.75) is 59.0 Å². The highest BCUT2D eigenvalue weighted by atomic mass is 32.1. The van der Waals surface area contributed by atoms with E-state index in [0.29, 0.717) is 0 Å². The first kappa shape index (κ1) is 12.7. The SMILES string of the molecule is CC(C)(C)c1nc(C(C)(C)C)c(CO)s1. The summed E-state index contributed by atoms with van der Waals surface area (Å²) in [5, 5.41) is 10.4. The molecule has 0 aliphatic heterocycles. The molecule has 3 heteroatoms. The van der Waals surface area contributed by atoms with E-state index in [0.717, 1.165) is 15.6 Å². The lowest BCUT2D eigenvalue weighted by Gasteiger charge is -2.18. The van der Waals surface area contributed by atoms with Crippen molar-refractivity contribution in [3.05, 3.63) is 15.6 Å². The van der Waals surface area contributed by atoms with Gasteiger partial charge in [0.15, 0.2) is 0 Å². The maximum absolute atomic E-state index is 9.33. The predicted octanol–water partition coefficient (Wildman–Crippen LogP) is 3.23. The van der Waals surface area contributed by atoms with Gasteiger partial charge in [0.05, 0.1) is 22.2 Å². The van der Waals surface area contributed by atoms with Crippen molar-refractivity contribution in [2.75, 3.05) is 0 Å². The molecule has 0 unspecified atom stereocenters. The van der Waals surface area contributed by atoms with Crippen LogP contribution in [0, 0.1) is 0 Å². The van der Waals surface area contributed by atoms with Gasteiger partial charge in [-0.3, -0.25) is 0 Å². The molecule has 0 bridgehead atoms. The highest BCUT2D eigenvalue weighted by Gasteiger charge is 2.26. The normalized spacial score (nSPS) is 13.3. The van der Waals surface area contributed by atoms with Gasteiger partial charge in [-0.25, -0.2) is 4.98 Å². The highest BCUT2D eigenvalue weighted by Crippen LogP contribution is 2.34. The molecule has 0 saturated carbocycles. The Balaban J connectivity index is 3.24. The van der Waals surface area contributed by atoms with Gasteiger partial charge in [-0.1, -0.05) is 41.5 Å². The van der Waals surface area contributed by atoms with Gasteiger partial charge in [0.1, 0.15) is 0 Å². The van der Waals surface area contributed by atoms with E-state index in [2.05, 4.69) is 46.5 Å². The van der Waals surface area contributed by atoms with Gasteiger partial charge in [0.25, 0.3) is 0 Å². The van der Waals surface area contributed by atoms with Gasteiger partial charge in [-0.15, -0.1) is 11.3 Å². The number of hydrogen-bond donors (Lipinski definition) is 1. The Labute approximate surface area is 96.4 Å². The van der Waals surface area contributed by atoms with Crippen LogP contribution >= 0.6 is 11.3 Å². The van der Waals surface area contributed by atoms with Gasteiger partial charge >= 0.3 is 0 Å². The third-order valence-electron chi connectivity index (χ3n) is 2.19. The molecule has 0 atom stereocenters. The van der Waals surface area contributed by atoms with Gasteiger partial charge in [0.2, 0.25) is 0 Å². The zero-order valence-electron chi connectivity index (χ0n) is 10.5. The second kappa shape index (κ2) is 3.87. The van der Waals surface area contributed by atoms with Crippen LogP contribution in [0.5, 0.6) is 0 Å². The number of aliphatic hydroxyl groups excluding tert-OH is 1. The molecular formula is C12H21NOS. The molecule has 0 spiro atoms. The van der Waals surface area contributed by atoms with Crippen molar-refractivity contribution >= 4 is 11.3 Å². The Morgan fingerprint density at radius 1 is 1.07 bits per heavy atom. The molecule has 0 fully saturated rings. The minimum atomic E-state index is 0.0120. The Hall–Kier alpha value is -0.410. The number of rotatable bonds is 1. The molecule has 0 aliphatic carbocycles. The second-order valence-electron chi connectivity index (χ2n) is 5.95. The molecule has 1 N–H and O–H groups in total. The van der Waals surface area contributed by atoms with Crippen LogP contribution in [0.25, 0.3) is 0 Å². The van der Waals surface area contributed by atoms with Crippen molar-refractivity contribution in [2.24, 2.45) is 0 Å². The summed E-state index contributed by atoms with van der Waals surface area (Å²) >= 11 is 1.63. The summed E-state index contributed by atoms with van der Waals surface area (Å²) in [6, 6.07) is 0. The summed E-state index contributed by atoms with van der Waals surface area (Å²) in [5.41, 5.74) is 1.12. The Morgan fingerprint density at radius 2 is 1.60 bits per heavy atom. The fraction of sp³-hybridized carbons (Fsp3) is 0.750. The Bertz CT molecular complexity index is 341. The topological polar surface area (TPSA) is 33.1 Å². The molecule has 1 rings (SSSR count). The summed E-state index contributed by atoms with van der Waals surface area (Å²) in [7, 11) is 0. The molecule has 1 aromatic heterocycles. The van der Waals surface area contributed by atoms with E-state index < -0.39 is 0 Å². The number of nitrogens with zero attached hydrogens (tertiary/aromatic N) is 1. The first-order valence-electron chi connectivity index (χ1n) is 5.28. The van der Waals surface area contributed by atoms with Crippen LogP contribution in [0.2, 0.25) is 0 Å². The monoisotopic (exact) mass is 227 g/mol. The standard InChI is InChI=1S/C12H21NOS/c1-11(2,3)9-8(7-14)15-10(13-9)12(4,5)6/h14H,7H2,1-6H3. The third-order valence-corrected chi connectivity index (χ3v) is 3.66. The lowest BCUT2D eigenvalue weighted by atomic mass is 9.91. The van der Waals surface area contributed by atoms with Crippen LogP contribution in [-0.2, 0) is 17.4 Å². The lowest BCUT2D eigenvalue weighted by Crippen LogP contribution is -2.16. The van der Waals surface area contributed by atoms with E-state index in [9.17, 15) is 5.11 Å². The zero-order valence-corrected chi connectivity index (χ0v) is 11.3. The molecule has 0 aliphatic rings. The van der Waals surface area contributed by atoms with Gasteiger partial charge in [-0.2, -0.15) is 0 Å². The van der Waals surface area contributed by atoms with Crippen molar-refractivity contribution in [3.63, 3.8) is 0 Å². The summed E-state index contributed by atoms with van der Waals surface area (Å²) in [4.78, 5) is 5.69. The van der Waals surface area contributed by atoms with E-state index in [1.165, 1.54) is 0 Å². The number of hydrogen-bond acceptors (Lipinski definition) is 3. The fourth-order valence-electron chi connectivity index (χ4n) is 1.37. The van der Waals surface area contributed by atoms with Gasteiger partial charge in [0, 0.05) is 10.8 Å². The lowest BCUT2D eigenvalue weighted by molar-refractivity contribution is 0.282. The van der Waals surface area contributed by atoms with E-state index in [1.807, 2.05) is 0 Å². The number of aromatic nitrogens is 1. The third kappa shape index (κ3) is 2.79. The minimum absolute atomic E-state index is 0.0120. The smallest absolute Gasteiger partial charge is 0.0985 e. The van der Waals surface area contributed by atoms with Crippen LogP contribution in [0.15, 0.2) is 0 Å². The maximum Gasteiger partial charge on any atom is 0.0985 e. The summed E-state index contributed by atoms with van der Waals surface area (Å²) in [6.45, 7) is 13.0. The first-order valence-corrected chi connectivity index (χ1v) is 6.09. The number of thiazole rings is 1. The van der Waals surface area contributed by atoms with Crippen molar-refractivity contribution in [1.82, 2.24) is 4.98 Å². The van der Waals surface area contributed by atoms with Crippen LogP contribution in [0.1, 0.15) is 57.1 Å². The average molecular weight is 227 g/mol. The minimum Gasteiger partial charge on any atom is -0.391 e. The van der Waals surface area contributed by atoms with Crippen LogP contribution in [0.3, 0.4) is 0 Å². The Morgan fingerprint density at radius 3 is 1.87 bits per heavy atom. The quantitative estimate of drug-likeness (QED) is 0.799. The van der Waals surface area contributed by atoms with E-state index in [4.69, 9.17) is 0 Å². The van der Waals surface area contributed by atoms with E-state index in [-0.39, 0.29) is 17.4 Å². The molecular weight excluding hydrogens is 206 g/mol. The summed E-state index contributed by atoms with van der Waals surface area (Å²) < 4.78 is 0. The van der Waals surface area contributed by atoms with E-state index >= 15 is 0 Å². The fourth-order valence-corrected chi connectivity index (χ4v) is 2.56. The van der Waals surface area contributed by atoms with Crippen molar-refractivity contribution in [1.29, 1.82) is 0 Å². The molecule has 0 amide bonds. The second-order valence-corrected chi connectivity index (χ2v) is 7.03. The predicted molar refractivity (Wildman–Crippen MR) is 65.4 cm³/mol. The van der Waals surface area contributed by atoms with Gasteiger partial charge in [-0.05, 0) is 0 Å². The summed E-state index contributed by atoms with van der Waals surface area (Å²) in [6.07, 6.45) is 0. The molecule has 2 nitrogen and oxygen atoms in total. The molecule has 86 valence electrons. The van der Waals surface area contributed by atoms with Crippen LogP contribution in [0.4, 0.5) is 0 Å². The highest BCUT2D eigenvalue weighted by molar-refractivity contribution is 7.11. The average Bonchev–Trinajstić information content (AvgIpc) is 2.44. The molecule has 1 heterocycles. The molecule has 0 saturated heterocycles. The first-order chi connectivity index (χ1) is 6.66. The zero-order chi connectivity index (χ0) is 11.9. The largest absolute Gasteiger partial charge is 0.391 e. The van der Waals surface area contributed by atoms with Crippen LogP contribution < -0.4 is 0 Å². The van der Waals surface area contributed by atoms with Crippen molar-refractivity contribution < 1.29 is 5.11 Å². The molecule has 0 aromatic carbocycles. The van der Waals surface area contributed by atoms with Crippen LogP contribution in [-0.4, -0.2) is 10.1 Å². The maximum atomic E-state index is 9.33. The van der Waals surface area contributed by atoms with Crippen molar-refractivity contribution in [3.8, 4) is 0 Å². The Kier molecular flexibility index (Phi) is 3.27. The summed E-state index contributed by atoms with van der Waals surface area (Å²) in [5.74, 6) is 0. The molecule has 15 heavy (non-hydrogen) atoms. The molecule has 1 aromatic rings. The number of aliphatic hydroxyl groups is 1. The van der Waals surface area contributed by atoms with Gasteiger partial charge < -0.3 is 5.11 Å². The van der Waals surface area contributed by atoms with E-state index in [1.54, 1.807) is 11.3 Å². The molecule has 0 radical (unpaired) electrons.